The summed E-state index contributed by atoms with van der Waals surface area (Å²) in [5, 5.41) is 2.11. The molecule has 0 saturated carbocycles. The van der Waals surface area contributed by atoms with Crippen LogP contribution in [0.3, 0.4) is 0 Å². The van der Waals surface area contributed by atoms with Gasteiger partial charge in [0.1, 0.15) is 5.69 Å². The number of nitrogens with one attached hydrogen (secondary N) is 1. The number of rotatable bonds is 3. The molecule has 0 radical (unpaired) electrons. The van der Waals surface area contributed by atoms with Crippen molar-refractivity contribution in [3.05, 3.63) is 53.4 Å². The fourth-order valence-electron chi connectivity index (χ4n) is 1.36. The van der Waals surface area contributed by atoms with Crippen LogP contribution in [0.5, 0.6) is 0 Å². The fourth-order valence-corrected chi connectivity index (χ4v) is 1.36. The predicted molar refractivity (Wildman–Crippen MR) is 55.6 cm³/mol. The minimum atomic E-state index is -2.19. The second-order valence-corrected chi connectivity index (χ2v) is 3.50. The minimum Gasteiger partial charge on any atom is -0.374 e. The molecule has 0 spiro atoms. The summed E-state index contributed by atoms with van der Waals surface area (Å²) in [6.07, 6.45) is 4.00. The highest BCUT2D eigenvalue weighted by molar-refractivity contribution is 5.47. The number of hydrogen-bond donors (Lipinski definition) is 1. The summed E-state index contributed by atoms with van der Waals surface area (Å²) in [6, 6.07) is 0. The van der Waals surface area contributed by atoms with Crippen LogP contribution in [-0.2, 0) is 6.54 Å². The number of aromatic nitrogens is 2. The lowest BCUT2D eigenvalue weighted by Crippen LogP contribution is -2.10. The van der Waals surface area contributed by atoms with Crippen molar-refractivity contribution in [3.63, 3.8) is 0 Å². The van der Waals surface area contributed by atoms with Crippen molar-refractivity contribution in [2.24, 2.45) is 0 Å². The van der Waals surface area contributed by atoms with Crippen molar-refractivity contribution in [2.45, 2.75) is 6.54 Å². The smallest absolute Gasteiger partial charge is 0.200 e. The third-order valence-corrected chi connectivity index (χ3v) is 2.27. The maximum absolute atomic E-state index is 13.3. The summed E-state index contributed by atoms with van der Waals surface area (Å²) in [4.78, 5) is 7.48. The van der Waals surface area contributed by atoms with Crippen molar-refractivity contribution < 1.29 is 22.0 Å². The molecule has 0 atom stereocenters. The van der Waals surface area contributed by atoms with E-state index in [1.165, 1.54) is 18.6 Å². The molecule has 1 heterocycles. The second kappa shape index (κ2) is 5.17. The molecule has 1 aromatic carbocycles. The monoisotopic (exact) mass is 275 g/mol. The summed E-state index contributed by atoms with van der Waals surface area (Å²) in [6.45, 7) is -0.230. The van der Waals surface area contributed by atoms with Gasteiger partial charge in [-0.15, -0.1) is 0 Å². The normalized spacial score (nSPS) is 10.6. The van der Waals surface area contributed by atoms with E-state index in [0.29, 0.717) is 0 Å². The van der Waals surface area contributed by atoms with Gasteiger partial charge in [-0.1, -0.05) is 0 Å². The number of nitrogens with zero attached hydrogens (tertiary/aromatic N) is 2. The van der Waals surface area contributed by atoms with Gasteiger partial charge in [0.15, 0.2) is 23.3 Å². The Morgan fingerprint density at radius 2 is 1.42 bits per heavy atom. The third kappa shape index (κ3) is 2.47. The Morgan fingerprint density at radius 1 is 0.842 bits per heavy atom. The lowest BCUT2D eigenvalue weighted by molar-refractivity contribution is 0.381. The number of halogens is 5. The summed E-state index contributed by atoms with van der Waals surface area (Å²) < 4.78 is 65.2. The Labute approximate surface area is 104 Å². The molecule has 0 unspecified atom stereocenters. The van der Waals surface area contributed by atoms with Gasteiger partial charge in [-0.25, -0.2) is 22.0 Å². The van der Waals surface area contributed by atoms with Crippen LogP contribution in [-0.4, -0.2) is 9.97 Å². The molecule has 0 bridgehead atoms. The maximum atomic E-state index is 13.3. The van der Waals surface area contributed by atoms with Crippen LogP contribution in [0.1, 0.15) is 5.69 Å². The van der Waals surface area contributed by atoms with E-state index in [1.54, 1.807) is 0 Å². The van der Waals surface area contributed by atoms with E-state index in [2.05, 4.69) is 15.3 Å². The first-order valence-corrected chi connectivity index (χ1v) is 5.02. The van der Waals surface area contributed by atoms with Crippen LogP contribution in [0.4, 0.5) is 27.6 Å². The van der Waals surface area contributed by atoms with E-state index in [-0.39, 0.29) is 12.2 Å². The zero-order chi connectivity index (χ0) is 14.0. The van der Waals surface area contributed by atoms with Gasteiger partial charge in [-0.05, 0) is 0 Å². The van der Waals surface area contributed by atoms with Gasteiger partial charge in [0.05, 0.1) is 18.4 Å². The minimum absolute atomic E-state index is 0.230. The molecule has 0 aliphatic carbocycles. The van der Waals surface area contributed by atoms with E-state index in [0.717, 1.165) is 0 Å². The molecule has 2 rings (SSSR count). The first-order valence-electron chi connectivity index (χ1n) is 5.02. The Kier molecular flexibility index (Phi) is 3.59. The van der Waals surface area contributed by atoms with E-state index in [4.69, 9.17) is 0 Å². The van der Waals surface area contributed by atoms with E-state index in [9.17, 15) is 22.0 Å². The SMILES string of the molecule is Fc1c(F)c(F)c(NCc2cnccn2)c(F)c1F. The van der Waals surface area contributed by atoms with Gasteiger partial charge in [-0.3, -0.25) is 9.97 Å². The molecule has 19 heavy (non-hydrogen) atoms. The molecule has 0 aliphatic rings. The molecule has 2 aromatic rings. The number of benzene rings is 1. The van der Waals surface area contributed by atoms with Gasteiger partial charge in [-0.2, -0.15) is 0 Å². The molecule has 1 N–H and O–H groups in total. The molecule has 0 saturated heterocycles. The van der Waals surface area contributed by atoms with Crippen LogP contribution in [0.25, 0.3) is 0 Å². The molecular weight excluding hydrogens is 269 g/mol. The number of hydrogen-bond acceptors (Lipinski definition) is 3. The Morgan fingerprint density at radius 3 is 1.95 bits per heavy atom. The van der Waals surface area contributed by atoms with Crippen LogP contribution < -0.4 is 5.32 Å². The zero-order valence-corrected chi connectivity index (χ0v) is 9.22. The van der Waals surface area contributed by atoms with E-state index < -0.39 is 34.8 Å². The van der Waals surface area contributed by atoms with Gasteiger partial charge >= 0.3 is 0 Å². The molecule has 0 aliphatic heterocycles. The standard InChI is InChI=1S/C11H6F5N3/c12-6-7(13)9(15)11(10(16)8(6)14)19-4-5-3-17-1-2-18-5/h1-3,19H,4H2. The topological polar surface area (TPSA) is 37.8 Å². The van der Waals surface area contributed by atoms with Crippen molar-refractivity contribution >= 4 is 5.69 Å². The zero-order valence-electron chi connectivity index (χ0n) is 9.22. The van der Waals surface area contributed by atoms with Crippen molar-refractivity contribution in [1.29, 1.82) is 0 Å². The highest BCUT2D eigenvalue weighted by atomic mass is 19.2. The quantitative estimate of drug-likeness (QED) is 0.531. The Hall–Kier alpha value is -2.25. The molecule has 0 fully saturated rings. The van der Waals surface area contributed by atoms with Crippen molar-refractivity contribution in [3.8, 4) is 0 Å². The summed E-state index contributed by atoms with van der Waals surface area (Å²) in [5.74, 6) is -10.0. The fraction of sp³-hybridized carbons (Fsp3) is 0.0909. The first-order chi connectivity index (χ1) is 9.02. The van der Waals surface area contributed by atoms with Crippen LogP contribution in [0.15, 0.2) is 18.6 Å². The molecule has 3 nitrogen and oxygen atoms in total. The average Bonchev–Trinajstić information content (AvgIpc) is 2.44. The summed E-state index contributed by atoms with van der Waals surface area (Å²) in [7, 11) is 0. The van der Waals surface area contributed by atoms with Gasteiger partial charge in [0.2, 0.25) is 5.82 Å². The highest BCUT2D eigenvalue weighted by Crippen LogP contribution is 2.27. The second-order valence-electron chi connectivity index (χ2n) is 3.50. The third-order valence-electron chi connectivity index (χ3n) is 2.27. The van der Waals surface area contributed by atoms with Gasteiger partial charge in [0.25, 0.3) is 0 Å². The predicted octanol–water partition coefficient (Wildman–Crippen LogP) is 2.78. The molecule has 0 amide bonds. The Balaban J connectivity index is 2.31. The average molecular weight is 275 g/mol. The van der Waals surface area contributed by atoms with Crippen molar-refractivity contribution in [2.75, 3.05) is 5.32 Å². The van der Waals surface area contributed by atoms with Gasteiger partial charge < -0.3 is 5.32 Å². The van der Waals surface area contributed by atoms with Crippen molar-refractivity contribution in [1.82, 2.24) is 9.97 Å². The molecular formula is C11H6F5N3. The highest BCUT2D eigenvalue weighted by Gasteiger charge is 2.25. The van der Waals surface area contributed by atoms with Crippen LogP contribution in [0.2, 0.25) is 0 Å². The summed E-state index contributed by atoms with van der Waals surface area (Å²) in [5.41, 5.74) is -0.812. The lowest BCUT2D eigenvalue weighted by atomic mass is 10.2. The summed E-state index contributed by atoms with van der Waals surface area (Å²) >= 11 is 0. The Bertz CT molecular complexity index is 574. The van der Waals surface area contributed by atoms with E-state index in [1.807, 2.05) is 0 Å². The number of anilines is 1. The first kappa shape index (κ1) is 13.2. The maximum Gasteiger partial charge on any atom is 0.200 e. The largest absolute Gasteiger partial charge is 0.374 e. The van der Waals surface area contributed by atoms with Crippen LogP contribution in [0, 0.1) is 29.1 Å². The molecule has 100 valence electrons. The van der Waals surface area contributed by atoms with E-state index >= 15 is 0 Å². The molecule has 8 heteroatoms. The van der Waals surface area contributed by atoms with Crippen LogP contribution >= 0.6 is 0 Å². The lowest BCUT2D eigenvalue weighted by Gasteiger charge is -2.10. The van der Waals surface area contributed by atoms with Gasteiger partial charge in [0, 0.05) is 12.4 Å². The molecule has 1 aromatic heterocycles.